The molecule has 0 aromatic heterocycles. The molecule has 1 aliphatic carbocycles. The zero-order valence-corrected chi connectivity index (χ0v) is 19.5. The summed E-state index contributed by atoms with van der Waals surface area (Å²) >= 11 is 4.20. The molecule has 1 aliphatic rings. The maximum absolute atomic E-state index is 12.7. The van der Waals surface area contributed by atoms with Crippen LogP contribution in [0, 0.1) is 7.14 Å². The molecule has 2 aromatic rings. The lowest BCUT2D eigenvalue weighted by molar-refractivity contribution is 0.0731. The number of hydrogen-bond donors (Lipinski definition) is 1. The molecule has 0 atom stereocenters. The Labute approximate surface area is 185 Å². The van der Waals surface area contributed by atoms with Gasteiger partial charge >= 0.3 is 5.97 Å². The van der Waals surface area contributed by atoms with Gasteiger partial charge in [0, 0.05) is 0 Å². The van der Waals surface area contributed by atoms with E-state index in [2.05, 4.69) is 45.2 Å². The minimum Gasteiger partial charge on any atom is -0.421 e. The second-order valence-corrected chi connectivity index (χ2v) is 10.2. The number of esters is 1. The van der Waals surface area contributed by atoms with Crippen LogP contribution in [0.3, 0.4) is 0 Å². The third-order valence-electron chi connectivity index (χ3n) is 4.68. The van der Waals surface area contributed by atoms with E-state index in [0.29, 0.717) is 11.3 Å². The average molecular weight is 612 g/mol. The Morgan fingerprint density at radius 2 is 1.67 bits per heavy atom. The SMILES string of the molecule is O=C(Oc1c(I)cccc1I)c1ccc(S(=O)(=O)O)c(C2CCCCC2)c1. The Morgan fingerprint density at radius 1 is 1.04 bits per heavy atom. The topological polar surface area (TPSA) is 80.7 Å². The summed E-state index contributed by atoms with van der Waals surface area (Å²) in [5, 5.41) is 0. The van der Waals surface area contributed by atoms with Crippen LogP contribution in [0.25, 0.3) is 0 Å². The highest BCUT2D eigenvalue weighted by Crippen LogP contribution is 2.37. The number of benzene rings is 2. The predicted octanol–water partition coefficient (Wildman–Crippen LogP) is 5.41. The summed E-state index contributed by atoms with van der Waals surface area (Å²) in [6, 6.07) is 9.82. The largest absolute Gasteiger partial charge is 0.421 e. The second-order valence-electron chi connectivity index (χ2n) is 6.50. The summed E-state index contributed by atoms with van der Waals surface area (Å²) in [5.41, 5.74) is 0.780. The first-order valence-electron chi connectivity index (χ1n) is 8.55. The molecule has 144 valence electrons. The van der Waals surface area contributed by atoms with Gasteiger partial charge in [-0.05, 0) is 99.8 Å². The molecule has 8 heteroatoms. The van der Waals surface area contributed by atoms with Crippen LogP contribution in [0.5, 0.6) is 5.75 Å². The van der Waals surface area contributed by atoms with Gasteiger partial charge in [0.25, 0.3) is 10.1 Å². The third kappa shape index (κ3) is 5.01. The fourth-order valence-electron chi connectivity index (χ4n) is 3.37. The molecule has 0 bridgehead atoms. The van der Waals surface area contributed by atoms with Crippen molar-refractivity contribution in [3.8, 4) is 5.75 Å². The van der Waals surface area contributed by atoms with Gasteiger partial charge in [0.1, 0.15) is 0 Å². The van der Waals surface area contributed by atoms with Crippen molar-refractivity contribution in [2.75, 3.05) is 0 Å². The predicted molar refractivity (Wildman–Crippen MR) is 119 cm³/mol. The molecule has 1 saturated carbocycles. The zero-order valence-electron chi connectivity index (χ0n) is 14.3. The molecule has 0 spiro atoms. The number of carbonyl (C=O) groups excluding carboxylic acids is 1. The highest BCUT2D eigenvalue weighted by molar-refractivity contribution is 14.1. The van der Waals surface area contributed by atoms with E-state index in [-0.39, 0.29) is 16.4 Å². The van der Waals surface area contributed by atoms with Crippen LogP contribution in [0.15, 0.2) is 41.3 Å². The molecule has 0 saturated heterocycles. The maximum Gasteiger partial charge on any atom is 0.343 e. The Kier molecular flexibility index (Phi) is 6.80. The molecule has 5 nitrogen and oxygen atoms in total. The summed E-state index contributed by atoms with van der Waals surface area (Å²) < 4.78 is 40.4. The van der Waals surface area contributed by atoms with Gasteiger partial charge in [0.05, 0.1) is 17.6 Å². The number of hydrogen-bond acceptors (Lipinski definition) is 4. The van der Waals surface area contributed by atoms with Crippen LogP contribution < -0.4 is 4.74 Å². The van der Waals surface area contributed by atoms with Crippen molar-refractivity contribution in [1.82, 2.24) is 0 Å². The molecule has 1 fully saturated rings. The van der Waals surface area contributed by atoms with Gasteiger partial charge < -0.3 is 4.74 Å². The monoisotopic (exact) mass is 612 g/mol. The van der Waals surface area contributed by atoms with Gasteiger partial charge in [0.15, 0.2) is 5.75 Å². The first-order chi connectivity index (χ1) is 12.8. The Balaban J connectivity index is 1.97. The van der Waals surface area contributed by atoms with Crippen molar-refractivity contribution >= 4 is 61.3 Å². The van der Waals surface area contributed by atoms with Crippen molar-refractivity contribution < 1.29 is 22.5 Å². The fraction of sp³-hybridized carbons (Fsp3) is 0.316. The Hall–Kier alpha value is -0.720. The number of carbonyl (C=O) groups is 1. The van der Waals surface area contributed by atoms with Crippen LogP contribution in [0.2, 0.25) is 0 Å². The zero-order chi connectivity index (χ0) is 19.6. The van der Waals surface area contributed by atoms with E-state index in [9.17, 15) is 17.8 Å². The lowest BCUT2D eigenvalue weighted by atomic mass is 9.83. The first-order valence-corrected chi connectivity index (χ1v) is 12.1. The van der Waals surface area contributed by atoms with Crippen LogP contribution in [-0.2, 0) is 10.1 Å². The molecule has 2 aromatic carbocycles. The van der Waals surface area contributed by atoms with Crippen LogP contribution >= 0.6 is 45.2 Å². The number of halogens is 2. The molecule has 27 heavy (non-hydrogen) atoms. The lowest BCUT2D eigenvalue weighted by Crippen LogP contribution is -2.15. The van der Waals surface area contributed by atoms with Gasteiger partial charge in [0.2, 0.25) is 0 Å². The first kappa shape index (κ1) is 21.0. The van der Waals surface area contributed by atoms with Gasteiger partial charge in [-0.25, -0.2) is 4.79 Å². The molecule has 0 aliphatic heterocycles. The molecule has 0 radical (unpaired) electrons. The van der Waals surface area contributed by atoms with Crippen LogP contribution in [0.4, 0.5) is 0 Å². The summed E-state index contributed by atoms with van der Waals surface area (Å²) in [4.78, 5) is 12.6. The van der Waals surface area contributed by atoms with Crippen molar-refractivity contribution in [2.24, 2.45) is 0 Å². The van der Waals surface area contributed by atoms with E-state index in [1.165, 1.54) is 12.1 Å². The van der Waals surface area contributed by atoms with Crippen LogP contribution in [0.1, 0.15) is 53.9 Å². The number of ether oxygens (including phenoxy) is 1. The summed E-state index contributed by atoms with van der Waals surface area (Å²) in [7, 11) is -4.35. The number of para-hydroxylation sites is 1. The quantitative estimate of drug-likeness (QED) is 0.216. The summed E-state index contributed by atoms with van der Waals surface area (Å²) in [5.74, 6) is -0.0434. The van der Waals surface area contributed by atoms with Gasteiger partial charge in [-0.3, -0.25) is 4.55 Å². The fourth-order valence-corrected chi connectivity index (χ4v) is 5.87. The molecular formula is C19H18I2O5S. The van der Waals surface area contributed by atoms with Crippen molar-refractivity contribution in [3.05, 3.63) is 54.7 Å². The van der Waals surface area contributed by atoms with E-state index >= 15 is 0 Å². The smallest absolute Gasteiger partial charge is 0.343 e. The second kappa shape index (κ2) is 8.75. The van der Waals surface area contributed by atoms with Crippen molar-refractivity contribution in [1.29, 1.82) is 0 Å². The number of rotatable bonds is 4. The Morgan fingerprint density at radius 3 is 2.26 bits per heavy atom. The highest BCUT2D eigenvalue weighted by atomic mass is 127. The normalized spacial score (nSPS) is 15.5. The third-order valence-corrected chi connectivity index (χ3v) is 7.31. The van der Waals surface area contributed by atoms with Gasteiger partial charge in [-0.15, -0.1) is 0 Å². The lowest BCUT2D eigenvalue weighted by Gasteiger charge is -2.24. The highest BCUT2D eigenvalue weighted by Gasteiger charge is 2.26. The molecule has 1 N–H and O–H groups in total. The molecule has 3 rings (SSSR count). The standard InChI is InChI=1S/C19H18I2O5S/c20-15-7-4-8-16(21)18(15)26-19(22)13-9-10-17(27(23,24)25)14(11-13)12-5-2-1-3-6-12/h4,7-12H,1-3,5-6H2,(H,23,24,25). The van der Waals surface area contributed by atoms with E-state index in [1.807, 2.05) is 18.2 Å². The molecule has 0 unspecified atom stereocenters. The summed E-state index contributed by atoms with van der Waals surface area (Å²) in [6.07, 6.45) is 4.81. The van der Waals surface area contributed by atoms with E-state index in [4.69, 9.17) is 4.74 Å². The van der Waals surface area contributed by atoms with Gasteiger partial charge in [-0.1, -0.05) is 25.3 Å². The molecule has 0 heterocycles. The minimum atomic E-state index is -4.35. The van der Waals surface area contributed by atoms with Crippen molar-refractivity contribution in [3.63, 3.8) is 0 Å². The maximum atomic E-state index is 12.7. The van der Waals surface area contributed by atoms with E-state index in [1.54, 1.807) is 6.07 Å². The van der Waals surface area contributed by atoms with Gasteiger partial charge in [-0.2, -0.15) is 8.42 Å². The van der Waals surface area contributed by atoms with E-state index < -0.39 is 16.1 Å². The molecule has 0 amide bonds. The minimum absolute atomic E-state index is 0.0143. The van der Waals surface area contributed by atoms with E-state index in [0.717, 1.165) is 39.2 Å². The Bertz CT molecular complexity index is 946. The average Bonchev–Trinajstić information content (AvgIpc) is 2.64. The van der Waals surface area contributed by atoms with Crippen molar-refractivity contribution in [2.45, 2.75) is 42.9 Å². The molecular weight excluding hydrogens is 594 g/mol. The van der Waals surface area contributed by atoms with Crippen LogP contribution in [-0.4, -0.2) is 18.9 Å². The summed E-state index contributed by atoms with van der Waals surface area (Å²) in [6.45, 7) is 0.